The average Bonchev–Trinajstić information content (AvgIpc) is 2.38. The lowest BCUT2D eigenvalue weighted by Gasteiger charge is -2.23. The molecule has 0 fully saturated rings. The molecule has 0 aliphatic rings. The maximum Gasteiger partial charge on any atom is 0.224 e. The molecule has 1 aromatic carbocycles. The minimum absolute atomic E-state index is 0.0307. The molecule has 0 bridgehead atoms. The topological polar surface area (TPSA) is 58.4 Å². The van der Waals surface area contributed by atoms with Gasteiger partial charge in [0.1, 0.15) is 0 Å². The number of carbonyl (C=O) groups excluding carboxylic acids is 1. The highest BCUT2D eigenvalue weighted by Gasteiger charge is 2.14. The summed E-state index contributed by atoms with van der Waals surface area (Å²) < 4.78 is 0. The predicted molar refractivity (Wildman–Crippen MR) is 78.6 cm³/mol. The number of nitrogens with one attached hydrogen (secondary N) is 1. The van der Waals surface area contributed by atoms with Crippen molar-refractivity contribution in [3.8, 4) is 0 Å². The van der Waals surface area contributed by atoms with E-state index in [0.29, 0.717) is 6.54 Å². The quantitative estimate of drug-likeness (QED) is 0.777. The Balaban J connectivity index is 2.36. The summed E-state index contributed by atoms with van der Waals surface area (Å²) >= 11 is 0. The molecule has 0 spiro atoms. The lowest BCUT2D eigenvalue weighted by atomic mass is 10.1. The van der Waals surface area contributed by atoms with Crippen LogP contribution in [0.3, 0.4) is 0 Å². The zero-order chi connectivity index (χ0) is 14.3. The molecule has 0 saturated carbocycles. The molecule has 106 valence electrons. The third-order valence-electron chi connectivity index (χ3n) is 3.07. The number of carbonyl (C=O) groups is 1. The van der Waals surface area contributed by atoms with Crippen LogP contribution in [-0.2, 0) is 11.3 Å². The molecule has 0 aliphatic heterocycles. The van der Waals surface area contributed by atoms with Crippen molar-refractivity contribution in [2.75, 3.05) is 20.1 Å². The zero-order valence-electron chi connectivity index (χ0n) is 12.1. The molecule has 2 atom stereocenters. The van der Waals surface area contributed by atoms with Crippen LogP contribution < -0.4 is 11.1 Å². The number of rotatable bonds is 7. The molecule has 0 radical (unpaired) electrons. The first-order chi connectivity index (χ1) is 9.02. The van der Waals surface area contributed by atoms with Gasteiger partial charge in [0.15, 0.2) is 0 Å². The van der Waals surface area contributed by atoms with Gasteiger partial charge in [0.25, 0.3) is 0 Å². The molecule has 0 aliphatic carbocycles. The van der Waals surface area contributed by atoms with E-state index in [1.54, 1.807) is 0 Å². The van der Waals surface area contributed by atoms with Crippen molar-refractivity contribution < 1.29 is 4.79 Å². The summed E-state index contributed by atoms with van der Waals surface area (Å²) in [6, 6.07) is 10.4. The van der Waals surface area contributed by atoms with E-state index in [2.05, 4.69) is 29.4 Å². The first-order valence-electron chi connectivity index (χ1n) is 6.75. The summed E-state index contributed by atoms with van der Waals surface area (Å²) in [5.41, 5.74) is 6.76. The molecule has 0 saturated heterocycles. The number of hydrogen-bond donors (Lipinski definition) is 2. The van der Waals surface area contributed by atoms with Crippen LogP contribution in [-0.4, -0.2) is 37.0 Å². The molecule has 1 aromatic rings. The van der Waals surface area contributed by atoms with Gasteiger partial charge in [-0.25, -0.2) is 0 Å². The third-order valence-corrected chi connectivity index (χ3v) is 3.07. The number of hydrogen-bond acceptors (Lipinski definition) is 3. The number of amides is 1. The maximum atomic E-state index is 11.7. The van der Waals surface area contributed by atoms with Crippen LogP contribution >= 0.6 is 0 Å². The van der Waals surface area contributed by atoms with E-state index in [0.717, 1.165) is 13.1 Å². The van der Waals surface area contributed by atoms with Crippen LogP contribution in [0.4, 0.5) is 0 Å². The molecule has 4 heteroatoms. The molecule has 1 rings (SSSR count). The van der Waals surface area contributed by atoms with Gasteiger partial charge in [0.2, 0.25) is 5.91 Å². The normalized spacial score (nSPS) is 14.2. The largest absolute Gasteiger partial charge is 0.352 e. The van der Waals surface area contributed by atoms with Gasteiger partial charge in [-0.3, -0.25) is 4.79 Å². The van der Waals surface area contributed by atoms with Crippen molar-refractivity contribution >= 4 is 5.91 Å². The highest BCUT2D eigenvalue weighted by molar-refractivity contribution is 5.78. The van der Waals surface area contributed by atoms with Crippen molar-refractivity contribution in [1.29, 1.82) is 0 Å². The van der Waals surface area contributed by atoms with E-state index >= 15 is 0 Å². The molecule has 19 heavy (non-hydrogen) atoms. The van der Waals surface area contributed by atoms with Gasteiger partial charge >= 0.3 is 0 Å². The second kappa shape index (κ2) is 7.92. The van der Waals surface area contributed by atoms with Gasteiger partial charge in [0, 0.05) is 31.6 Å². The Kier molecular flexibility index (Phi) is 6.53. The highest BCUT2D eigenvalue weighted by atomic mass is 16.1. The summed E-state index contributed by atoms with van der Waals surface area (Å²) in [7, 11) is 2.06. The number of benzene rings is 1. The molecular weight excluding hydrogens is 238 g/mol. The summed E-state index contributed by atoms with van der Waals surface area (Å²) in [5.74, 6) is -0.0926. The first kappa shape index (κ1) is 15.7. The van der Waals surface area contributed by atoms with E-state index in [1.165, 1.54) is 5.56 Å². The second-order valence-corrected chi connectivity index (χ2v) is 5.23. The van der Waals surface area contributed by atoms with Gasteiger partial charge < -0.3 is 16.0 Å². The molecule has 3 N–H and O–H groups in total. The number of nitrogens with two attached hydrogens (primary N) is 1. The van der Waals surface area contributed by atoms with Crippen LogP contribution in [0.25, 0.3) is 0 Å². The van der Waals surface area contributed by atoms with Crippen molar-refractivity contribution in [1.82, 2.24) is 10.2 Å². The van der Waals surface area contributed by atoms with Gasteiger partial charge in [-0.1, -0.05) is 37.3 Å². The SMILES string of the molecule is CC(CN(C)Cc1ccccc1)NC(=O)C(C)CN. The van der Waals surface area contributed by atoms with Crippen molar-refractivity contribution in [2.24, 2.45) is 11.7 Å². The third kappa shape index (κ3) is 5.85. The van der Waals surface area contributed by atoms with Gasteiger partial charge in [-0.05, 0) is 19.5 Å². The minimum atomic E-state index is -0.123. The van der Waals surface area contributed by atoms with Crippen LogP contribution in [0.5, 0.6) is 0 Å². The Labute approximate surface area is 116 Å². The smallest absolute Gasteiger partial charge is 0.224 e. The Hall–Kier alpha value is -1.39. The molecule has 1 amide bonds. The van der Waals surface area contributed by atoms with Gasteiger partial charge in [0.05, 0.1) is 0 Å². The lowest BCUT2D eigenvalue weighted by Crippen LogP contribution is -2.43. The monoisotopic (exact) mass is 263 g/mol. The van der Waals surface area contributed by atoms with Crippen molar-refractivity contribution in [3.05, 3.63) is 35.9 Å². The Morgan fingerprint density at radius 2 is 1.95 bits per heavy atom. The molecule has 0 heterocycles. The average molecular weight is 263 g/mol. The second-order valence-electron chi connectivity index (χ2n) is 5.23. The molecular formula is C15H25N3O. The molecule has 0 aromatic heterocycles. The summed E-state index contributed by atoms with van der Waals surface area (Å²) in [4.78, 5) is 13.9. The lowest BCUT2D eigenvalue weighted by molar-refractivity contribution is -0.124. The van der Waals surface area contributed by atoms with Crippen LogP contribution in [0.2, 0.25) is 0 Å². The Bertz CT molecular complexity index is 380. The van der Waals surface area contributed by atoms with Gasteiger partial charge in [-0.2, -0.15) is 0 Å². The number of nitrogens with zero attached hydrogens (tertiary/aromatic N) is 1. The van der Waals surface area contributed by atoms with Crippen molar-refractivity contribution in [2.45, 2.75) is 26.4 Å². The fourth-order valence-electron chi connectivity index (χ4n) is 1.96. The highest BCUT2D eigenvalue weighted by Crippen LogP contribution is 2.03. The van der Waals surface area contributed by atoms with E-state index < -0.39 is 0 Å². The van der Waals surface area contributed by atoms with E-state index in [-0.39, 0.29) is 17.9 Å². The van der Waals surface area contributed by atoms with E-state index in [4.69, 9.17) is 5.73 Å². The summed E-state index contributed by atoms with van der Waals surface area (Å²) in [5, 5.41) is 2.99. The van der Waals surface area contributed by atoms with Gasteiger partial charge in [-0.15, -0.1) is 0 Å². The van der Waals surface area contributed by atoms with Crippen LogP contribution in [0, 0.1) is 5.92 Å². The van der Waals surface area contributed by atoms with E-state index in [9.17, 15) is 4.79 Å². The fraction of sp³-hybridized carbons (Fsp3) is 0.533. The Morgan fingerprint density at radius 3 is 2.53 bits per heavy atom. The fourth-order valence-corrected chi connectivity index (χ4v) is 1.96. The first-order valence-corrected chi connectivity index (χ1v) is 6.75. The van der Waals surface area contributed by atoms with Crippen LogP contribution in [0.15, 0.2) is 30.3 Å². The maximum absolute atomic E-state index is 11.7. The standard InChI is InChI=1S/C15H25N3O/c1-12(9-16)15(19)17-13(2)10-18(3)11-14-7-5-4-6-8-14/h4-8,12-13H,9-11,16H2,1-3H3,(H,17,19). The molecule has 4 nitrogen and oxygen atoms in total. The van der Waals surface area contributed by atoms with Crippen molar-refractivity contribution in [3.63, 3.8) is 0 Å². The zero-order valence-corrected chi connectivity index (χ0v) is 12.1. The van der Waals surface area contributed by atoms with E-state index in [1.807, 2.05) is 32.0 Å². The number of likely N-dealkylation sites (N-methyl/N-ethyl adjacent to an activating group) is 1. The Morgan fingerprint density at radius 1 is 1.32 bits per heavy atom. The summed E-state index contributed by atoms with van der Waals surface area (Å²) in [6.45, 7) is 5.95. The molecule has 2 unspecified atom stereocenters. The minimum Gasteiger partial charge on any atom is -0.352 e. The predicted octanol–water partition coefficient (Wildman–Crippen LogP) is 1.22. The van der Waals surface area contributed by atoms with Crippen LogP contribution in [0.1, 0.15) is 19.4 Å². The summed E-state index contributed by atoms with van der Waals surface area (Å²) in [6.07, 6.45) is 0.